The summed E-state index contributed by atoms with van der Waals surface area (Å²) < 4.78 is 0. The Hall–Kier alpha value is -2.63. The molecule has 2 aromatic rings. The first kappa shape index (κ1) is 11.8. The highest BCUT2D eigenvalue weighted by molar-refractivity contribution is 5.93. The van der Waals surface area contributed by atoms with E-state index in [9.17, 15) is 9.59 Å². The number of hydrogen-bond donors (Lipinski definition) is 3. The number of aromatic amines is 1. The van der Waals surface area contributed by atoms with Crippen molar-refractivity contribution in [1.29, 1.82) is 0 Å². The molecule has 1 atom stereocenters. The third-order valence-corrected chi connectivity index (χ3v) is 2.37. The van der Waals surface area contributed by atoms with E-state index in [-0.39, 0.29) is 5.82 Å². The van der Waals surface area contributed by atoms with Crippen molar-refractivity contribution in [2.24, 2.45) is 0 Å². The number of nitrogens with one attached hydrogen (secondary N) is 2. The zero-order valence-corrected chi connectivity index (χ0v) is 9.33. The number of carbonyl (C=O) groups is 2. The van der Waals surface area contributed by atoms with Crippen molar-refractivity contribution in [2.75, 3.05) is 0 Å². The monoisotopic (exact) mass is 245 g/mol. The lowest BCUT2D eigenvalue weighted by atomic mass is 10.1. The lowest BCUT2D eigenvalue weighted by Crippen LogP contribution is -2.34. The number of rotatable bonds is 4. The summed E-state index contributed by atoms with van der Waals surface area (Å²) >= 11 is 0. The van der Waals surface area contributed by atoms with E-state index in [4.69, 9.17) is 5.11 Å². The molecule has 0 fully saturated rings. The van der Waals surface area contributed by atoms with Gasteiger partial charge in [-0.2, -0.15) is 0 Å². The molecule has 0 saturated carbocycles. The fraction of sp³-hybridized carbons (Fsp3) is 0.0833. The van der Waals surface area contributed by atoms with Gasteiger partial charge in [-0.3, -0.25) is 4.79 Å². The number of aliphatic carboxylic acids is 1. The molecule has 6 heteroatoms. The second-order valence-electron chi connectivity index (χ2n) is 3.59. The van der Waals surface area contributed by atoms with Crippen LogP contribution >= 0.6 is 0 Å². The van der Waals surface area contributed by atoms with Gasteiger partial charge in [-0.15, -0.1) is 0 Å². The van der Waals surface area contributed by atoms with Crippen LogP contribution in [-0.4, -0.2) is 27.0 Å². The fourth-order valence-electron chi connectivity index (χ4n) is 1.52. The number of aromatic nitrogens is 2. The molecule has 3 N–H and O–H groups in total. The molecule has 0 radical (unpaired) electrons. The van der Waals surface area contributed by atoms with E-state index in [1.165, 1.54) is 12.4 Å². The first-order chi connectivity index (χ1) is 8.68. The number of carboxylic acids is 1. The van der Waals surface area contributed by atoms with Crippen molar-refractivity contribution in [3.63, 3.8) is 0 Å². The maximum absolute atomic E-state index is 11.7. The van der Waals surface area contributed by atoms with Gasteiger partial charge in [-0.1, -0.05) is 30.3 Å². The van der Waals surface area contributed by atoms with Crippen LogP contribution in [0.25, 0.3) is 0 Å². The predicted molar refractivity (Wildman–Crippen MR) is 62.9 cm³/mol. The molecule has 0 aliphatic carbocycles. The van der Waals surface area contributed by atoms with Gasteiger partial charge in [0.15, 0.2) is 11.9 Å². The Morgan fingerprint density at radius 1 is 1.28 bits per heavy atom. The summed E-state index contributed by atoms with van der Waals surface area (Å²) in [5.74, 6) is -1.60. The number of amides is 1. The third kappa shape index (κ3) is 2.54. The number of H-pyrrole nitrogens is 1. The van der Waals surface area contributed by atoms with Gasteiger partial charge in [-0.05, 0) is 5.56 Å². The number of carboxylic acid groups (broad SMARTS) is 1. The Morgan fingerprint density at radius 2 is 2.00 bits per heavy atom. The molecule has 2 rings (SSSR count). The summed E-state index contributed by atoms with van der Waals surface area (Å²) in [7, 11) is 0. The Balaban J connectivity index is 2.18. The molecule has 1 unspecified atom stereocenters. The van der Waals surface area contributed by atoms with Gasteiger partial charge in [-0.25, -0.2) is 9.78 Å². The van der Waals surface area contributed by atoms with Gasteiger partial charge < -0.3 is 15.4 Å². The minimum Gasteiger partial charge on any atom is -0.479 e. The molecular formula is C12H11N3O3. The molecule has 92 valence electrons. The van der Waals surface area contributed by atoms with E-state index in [0.717, 1.165) is 0 Å². The second-order valence-corrected chi connectivity index (χ2v) is 3.59. The van der Waals surface area contributed by atoms with Gasteiger partial charge in [0.05, 0.1) is 0 Å². The van der Waals surface area contributed by atoms with Crippen molar-refractivity contribution < 1.29 is 14.7 Å². The van der Waals surface area contributed by atoms with E-state index in [0.29, 0.717) is 5.56 Å². The maximum Gasteiger partial charge on any atom is 0.330 e. The Labute approximate surface area is 103 Å². The van der Waals surface area contributed by atoms with Crippen molar-refractivity contribution in [3.8, 4) is 0 Å². The number of carbonyl (C=O) groups excluding carboxylic acids is 1. The maximum atomic E-state index is 11.7. The molecule has 1 amide bonds. The largest absolute Gasteiger partial charge is 0.479 e. The number of benzene rings is 1. The number of nitrogens with zero attached hydrogens (tertiary/aromatic N) is 1. The average Bonchev–Trinajstić information content (AvgIpc) is 2.90. The highest BCUT2D eigenvalue weighted by Crippen LogP contribution is 2.13. The normalized spacial score (nSPS) is 11.8. The molecule has 0 aliphatic heterocycles. The van der Waals surface area contributed by atoms with Crippen molar-refractivity contribution in [2.45, 2.75) is 6.04 Å². The minimum absolute atomic E-state index is 0.0807. The summed E-state index contributed by atoms with van der Waals surface area (Å²) in [5.41, 5.74) is 0.505. The molecule has 6 nitrogen and oxygen atoms in total. The van der Waals surface area contributed by atoms with Crippen LogP contribution in [0.4, 0.5) is 0 Å². The van der Waals surface area contributed by atoms with Gasteiger partial charge >= 0.3 is 5.97 Å². The lowest BCUT2D eigenvalue weighted by molar-refractivity contribution is -0.139. The Bertz CT molecular complexity index is 537. The SMILES string of the molecule is O=C(NC(C(=O)O)c1ccccc1)c1ncc[nH]1. The topological polar surface area (TPSA) is 95.1 Å². The highest BCUT2D eigenvalue weighted by Gasteiger charge is 2.23. The van der Waals surface area contributed by atoms with Crippen molar-refractivity contribution >= 4 is 11.9 Å². The lowest BCUT2D eigenvalue weighted by Gasteiger charge is -2.13. The van der Waals surface area contributed by atoms with Crippen LogP contribution in [-0.2, 0) is 4.79 Å². The standard InChI is InChI=1S/C12H11N3O3/c16-11(10-13-6-7-14-10)15-9(12(17)18)8-4-2-1-3-5-8/h1-7,9H,(H,13,14)(H,15,16)(H,17,18). The molecule has 0 saturated heterocycles. The van der Waals surface area contributed by atoms with Crippen LogP contribution < -0.4 is 5.32 Å². The molecule has 0 aliphatic rings. The van der Waals surface area contributed by atoms with Crippen LogP contribution in [0, 0.1) is 0 Å². The Kier molecular flexibility index (Phi) is 3.38. The van der Waals surface area contributed by atoms with Crippen LogP contribution in [0.3, 0.4) is 0 Å². The van der Waals surface area contributed by atoms with Crippen molar-refractivity contribution in [3.05, 3.63) is 54.1 Å². The van der Waals surface area contributed by atoms with E-state index in [1.54, 1.807) is 30.3 Å². The second kappa shape index (κ2) is 5.13. The van der Waals surface area contributed by atoms with E-state index >= 15 is 0 Å². The first-order valence-corrected chi connectivity index (χ1v) is 5.26. The third-order valence-electron chi connectivity index (χ3n) is 2.37. The molecule has 0 bridgehead atoms. The van der Waals surface area contributed by atoms with Gasteiger partial charge in [0, 0.05) is 12.4 Å². The fourth-order valence-corrected chi connectivity index (χ4v) is 1.52. The van der Waals surface area contributed by atoms with Crippen LogP contribution in [0.5, 0.6) is 0 Å². The van der Waals surface area contributed by atoms with Crippen molar-refractivity contribution in [1.82, 2.24) is 15.3 Å². The number of imidazole rings is 1. The molecule has 1 aromatic carbocycles. The highest BCUT2D eigenvalue weighted by atomic mass is 16.4. The quantitative estimate of drug-likeness (QED) is 0.747. The number of hydrogen-bond acceptors (Lipinski definition) is 3. The predicted octanol–water partition coefficient (Wildman–Crippen LogP) is 0.965. The van der Waals surface area contributed by atoms with E-state index in [2.05, 4.69) is 15.3 Å². The minimum atomic E-state index is -1.12. The smallest absolute Gasteiger partial charge is 0.330 e. The van der Waals surface area contributed by atoms with Crippen LogP contribution in [0.1, 0.15) is 22.2 Å². The van der Waals surface area contributed by atoms with E-state index < -0.39 is 17.9 Å². The summed E-state index contributed by atoms with van der Waals surface area (Å²) in [6, 6.07) is 7.39. The molecule has 0 spiro atoms. The van der Waals surface area contributed by atoms with Gasteiger partial charge in [0.2, 0.25) is 0 Å². The molecule has 18 heavy (non-hydrogen) atoms. The zero-order chi connectivity index (χ0) is 13.0. The average molecular weight is 245 g/mol. The molecule has 1 heterocycles. The van der Waals surface area contributed by atoms with E-state index in [1.807, 2.05) is 0 Å². The molecular weight excluding hydrogens is 234 g/mol. The zero-order valence-electron chi connectivity index (χ0n) is 9.33. The summed E-state index contributed by atoms with van der Waals surface area (Å²) in [5, 5.41) is 11.5. The summed E-state index contributed by atoms with van der Waals surface area (Å²) in [6.07, 6.45) is 2.92. The summed E-state index contributed by atoms with van der Waals surface area (Å²) in [6.45, 7) is 0. The molecule has 1 aromatic heterocycles. The van der Waals surface area contributed by atoms with Crippen LogP contribution in [0.2, 0.25) is 0 Å². The first-order valence-electron chi connectivity index (χ1n) is 5.26. The summed E-state index contributed by atoms with van der Waals surface area (Å²) in [4.78, 5) is 29.3. The van der Waals surface area contributed by atoms with Crippen LogP contribution in [0.15, 0.2) is 42.7 Å². The Morgan fingerprint density at radius 3 is 2.56 bits per heavy atom. The van der Waals surface area contributed by atoms with Gasteiger partial charge in [0.25, 0.3) is 5.91 Å². The van der Waals surface area contributed by atoms with Gasteiger partial charge in [0.1, 0.15) is 0 Å².